The third-order valence-corrected chi connectivity index (χ3v) is 1.12. The quantitative estimate of drug-likeness (QED) is 0.490. The van der Waals surface area contributed by atoms with E-state index in [4.69, 9.17) is 5.73 Å². The van der Waals surface area contributed by atoms with Gasteiger partial charge in [-0.1, -0.05) is 0 Å². The smallest absolute Gasteiger partial charge is 0.253 e. The third kappa shape index (κ3) is 1.35. The van der Waals surface area contributed by atoms with Crippen LogP contribution >= 0.6 is 0 Å². The molecule has 4 N–H and O–H groups in total. The number of hydrogen-bond acceptors (Lipinski definition) is 2. The summed E-state index contributed by atoms with van der Waals surface area (Å²) >= 11 is 0. The molecule has 0 radical (unpaired) electrons. The van der Waals surface area contributed by atoms with Crippen molar-refractivity contribution in [2.75, 3.05) is 6.67 Å². The Morgan fingerprint density at radius 2 is 2.60 bits per heavy atom. The molecule has 0 fully saturated rings. The van der Waals surface area contributed by atoms with Crippen LogP contribution < -0.4 is 11.1 Å². The number of H-pyrrole nitrogens is 1. The number of aromatic amines is 1. The Morgan fingerprint density at radius 3 is 3.10 bits per heavy atom. The highest BCUT2D eigenvalue weighted by Crippen LogP contribution is 1.94. The zero-order valence-corrected chi connectivity index (χ0v) is 5.42. The lowest BCUT2D eigenvalue weighted by atomic mass is 10.3. The molecule has 1 aromatic heterocycles. The fourth-order valence-electron chi connectivity index (χ4n) is 0.660. The van der Waals surface area contributed by atoms with Crippen LogP contribution in [0.3, 0.4) is 0 Å². The molecular weight excluding hydrogens is 130 g/mol. The maximum atomic E-state index is 10.9. The molecule has 0 saturated carbocycles. The van der Waals surface area contributed by atoms with Gasteiger partial charge in [-0.05, 0) is 6.07 Å². The second-order valence-electron chi connectivity index (χ2n) is 1.81. The number of amides is 1. The highest BCUT2D eigenvalue weighted by atomic mass is 16.1. The molecule has 1 heterocycles. The summed E-state index contributed by atoms with van der Waals surface area (Å²) in [6.45, 7) is 0.171. The monoisotopic (exact) mass is 139 g/mol. The van der Waals surface area contributed by atoms with Gasteiger partial charge in [-0.2, -0.15) is 0 Å². The van der Waals surface area contributed by atoms with Gasteiger partial charge in [0.05, 0.1) is 12.2 Å². The van der Waals surface area contributed by atoms with E-state index in [1.807, 2.05) is 0 Å². The minimum atomic E-state index is -0.149. The highest BCUT2D eigenvalue weighted by Gasteiger charge is 2.01. The van der Waals surface area contributed by atoms with Crippen molar-refractivity contribution in [1.82, 2.24) is 10.3 Å². The van der Waals surface area contributed by atoms with Crippen LogP contribution in [0.2, 0.25) is 0 Å². The Balaban J connectivity index is 2.59. The second-order valence-corrected chi connectivity index (χ2v) is 1.81. The average Bonchev–Trinajstić information content (AvgIpc) is 2.38. The van der Waals surface area contributed by atoms with Gasteiger partial charge >= 0.3 is 0 Å². The summed E-state index contributed by atoms with van der Waals surface area (Å²) in [6.07, 6.45) is 3.30. The summed E-state index contributed by atoms with van der Waals surface area (Å²) < 4.78 is 0. The lowest BCUT2D eigenvalue weighted by Crippen LogP contribution is -2.28. The van der Waals surface area contributed by atoms with Crippen molar-refractivity contribution in [2.24, 2.45) is 5.73 Å². The van der Waals surface area contributed by atoms with Gasteiger partial charge in [0.15, 0.2) is 0 Å². The molecular formula is C6H9N3O. The summed E-state index contributed by atoms with van der Waals surface area (Å²) in [4.78, 5) is 13.7. The molecule has 10 heavy (non-hydrogen) atoms. The second kappa shape index (κ2) is 3.03. The molecule has 1 rings (SSSR count). The van der Waals surface area contributed by atoms with Gasteiger partial charge in [-0.3, -0.25) is 4.79 Å². The summed E-state index contributed by atoms with van der Waals surface area (Å²) in [5.41, 5.74) is 5.70. The third-order valence-electron chi connectivity index (χ3n) is 1.12. The molecule has 1 aromatic rings. The van der Waals surface area contributed by atoms with Crippen LogP contribution in [0.25, 0.3) is 0 Å². The van der Waals surface area contributed by atoms with Gasteiger partial charge in [0.25, 0.3) is 5.91 Å². The number of carbonyl (C=O) groups excluding carboxylic acids is 1. The van der Waals surface area contributed by atoms with Crippen molar-refractivity contribution in [2.45, 2.75) is 0 Å². The van der Waals surface area contributed by atoms with Crippen molar-refractivity contribution in [3.05, 3.63) is 24.0 Å². The predicted octanol–water partition coefficient (Wildman–Crippen LogP) is -0.339. The molecule has 0 aliphatic heterocycles. The topological polar surface area (TPSA) is 70.9 Å². The summed E-state index contributed by atoms with van der Waals surface area (Å²) in [5.74, 6) is -0.149. The standard InChI is InChI=1S/C6H9N3O/c7-4-9-6(10)5-1-2-8-3-5/h1-3,8H,4,7H2,(H,9,10). The molecule has 0 atom stereocenters. The van der Waals surface area contributed by atoms with Crippen molar-refractivity contribution in [1.29, 1.82) is 0 Å². The van der Waals surface area contributed by atoms with Gasteiger partial charge < -0.3 is 16.0 Å². The SMILES string of the molecule is NCNC(=O)c1cc[nH]c1. The maximum absolute atomic E-state index is 10.9. The van der Waals surface area contributed by atoms with Crippen LogP contribution in [-0.4, -0.2) is 17.6 Å². The van der Waals surface area contributed by atoms with Gasteiger partial charge in [0.2, 0.25) is 0 Å². The minimum Gasteiger partial charge on any atom is -0.367 e. The predicted molar refractivity (Wildman–Crippen MR) is 37.3 cm³/mol. The summed E-state index contributed by atoms with van der Waals surface area (Å²) in [6, 6.07) is 1.69. The average molecular weight is 139 g/mol. The first kappa shape index (κ1) is 6.82. The number of hydrogen-bond donors (Lipinski definition) is 3. The first-order chi connectivity index (χ1) is 4.84. The summed E-state index contributed by atoms with van der Waals surface area (Å²) in [7, 11) is 0. The summed E-state index contributed by atoms with van der Waals surface area (Å²) in [5, 5.41) is 2.47. The van der Waals surface area contributed by atoms with Crippen molar-refractivity contribution >= 4 is 5.91 Å². The molecule has 54 valence electrons. The molecule has 0 spiro atoms. The number of rotatable bonds is 2. The van der Waals surface area contributed by atoms with E-state index in [2.05, 4.69) is 10.3 Å². The Morgan fingerprint density at radius 1 is 1.80 bits per heavy atom. The first-order valence-corrected chi connectivity index (χ1v) is 2.95. The van der Waals surface area contributed by atoms with E-state index in [0.29, 0.717) is 5.56 Å². The lowest BCUT2D eigenvalue weighted by molar-refractivity contribution is 0.0955. The highest BCUT2D eigenvalue weighted by molar-refractivity contribution is 5.93. The fourth-order valence-corrected chi connectivity index (χ4v) is 0.660. The van der Waals surface area contributed by atoms with Crippen molar-refractivity contribution in [3.8, 4) is 0 Å². The Labute approximate surface area is 58.4 Å². The van der Waals surface area contributed by atoms with Gasteiger partial charge in [-0.15, -0.1) is 0 Å². The van der Waals surface area contributed by atoms with Gasteiger partial charge in [-0.25, -0.2) is 0 Å². The van der Waals surface area contributed by atoms with Crippen LogP contribution in [0, 0.1) is 0 Å². The Hall–Kier alpha value is -1.29. The number of carbonyl (C=O) groups is 1. The van der Waals surface area contributed by atoms with Crippen LogP contribution in [0.1, 0.15) is 10.4 Å². The number of nitrogens with one attached hydrogen (secondary N) is 2. The lowest BCUT2D eigenvalue weighted by Gasteiger charge is -1.96. The molecule has 0 bridgehead atoms. The zero-order valence-electron chi connectivity index (χ0n) is 5.42. The molecule has 0 aromatic carbocycles. The normalized spacial score (nSPS) is 9.30. The van der Waals surface area contributed by atoms with Crippen molar-refractivity contribution in [3.63, 3.8) is 0 Å². The minimum absolute atomic E-state index is 0.149. The first-order valence-electron chi connectivity index (χ1n) is 2.95. The molecule has 0 unspecified atom stereocenters. The fraction of sp³-hybridized carbons (Fsp3) is 0.167. The van der Waals surface area contributed by atoms with E-state index in [1.54, 1.807) is 18.5 Å². The van der Waals surface area contributed by atoms with E-state index in [9.17, 15) is 4.79 Å². The van der Waals surface area contributed by atoms with E-state index < -0.39 is 0 Å². The Kier molecular flexibility index (Phi) is 2.07. The van der Waals surface area contributed by atoms with Gasteiger partial charge in [0, 0.05) is 12.4 Å². The Bertz CT molecular complexity index is 205. The maximum Gasteiger partial charge on any atom is 0.253 e. The molecule has 4 nitrogen and oxygen atoms in total. The molecule has 1 amide bonds. The van der Waals surface area contributed by atoms with Crippen LogP contribution in [0.5, 0.6) is 0 Å². The largest absolute Gasteiger partial charge is 0.367 e. The van der Waals surface area contributed by atoms with Crippen molar-refractivity contribution < 1.29 is 4.79 Å². The number of nitrogens with two attached hydrogens (primary N) is 1. The molecule has 0 aliphatic carbocycles. The molecule has 0 aliphatic rings. The van der Waals surface area contributed by atoms with Gasteiger partial charge in [0.1, 0.15) is 0 Å². The molecule has 4 heteroatoms. The molecule has 0 saturated heterocycles. The zero-order chi connectivity index (χ0) is 7.40. The number of aromatic nitrogens is 1. The van der Waals surface area contributed by atoms with E-state index in [-0.39, 0.29) is 12.6 Å². The van der Waals surface area contributed by atoms with Crippen LogP contribution in [0.15, 0.2) is 18.5 Å². The van der Waals surface area contributed by atoms with E-state index in [0.717, 1.165) is 0 Å². The van der Waals surface area contributed by atoms with Crippen LogP contribution in [0.4, 0.5) is 0 Å². The van der Waals surface area contributed by atoms with Crippen LogP contribution in [-0.2, 0) is 0 Å². The van der Waals surface area contributed by atoms with E-state index >= 15 is 0 Å². The van der Waals surface area contributed by atoms with E-state index in [1.165, 1.54) is 0 Å².